The number of benzene rings is 2. The summed E-state index contributed by atoms with van der Waals surface area (Å²) in [5.74, 6) is -1.37. The summed E-state index contributed by atoms with van der Waals surface area (Å²) in [5.41, 5.74) is 3.75. The quantitative estimate of drug-likeness (QED) is 0.490. The number of rotatable bonds is 5. The van der Waals surface area contributed by atoms with Crippen LogP contribution in [0, 0.1) is 0 Å². The first-order valence-corrected chi connectivity index (χ1v) is 9.56. The number of hydrazone groups is 1. The van der Waals surface area contributed by atoms with Gasteiger partial charge in [-0.05, 0) is 54.1 Å². The van der Waals surface area contributed by atoms with Crippen LogP contribution in [0.3, 0.4) is 0 Å². The number of carbonyl (C=O) groups excluding carboxylic acids is 1. The fourth-order valence-corrected chi connectivity index (χ4v) is 3.31. The molecule has 156 valence electrons. The summed E-state index contributed by atoms with van der Waals surface area (Å²) in [5, 5.41) is 19.0. The number of aromatic carboxylic acids is 1. The molecule has 1 aliphatic rings. The summed E-state index contributed by atoms with van der Waals surface area (Å²) >= 11 is 0. The second-order valence-electron chi connectivity index (χ2n) is 6.92. The monoisotopic (exact) mass is 425 g/mol. The summed E-state index contributed by atoms with van der Waals surface area (Å²) in [6.45, 7) is 0. The van der Waals surface area contributed by atoms with Gasteiger partial charge >= 0.3 is 5.97 Å². The first kappa shape index (κ1) is 19.2. The van der Waals surface area contributed by atoms with Crippen molar-refractivity contribution < 1.29 is 19.1 Å². The van der Waals surface area contributed by atoms with Crippen molar-refractivity contribution in [1.82, 2.24) is 14.8 Å². The fourth-order valence-electron chi connectivity index (χ4n) is 3.31. The normalized spacial score (nSPS) is 14.8. The lowest BCUT2D eigenvalue weighted by Crippen LogP contribution is -2.21. The Hall–Kier alpha value is -4.79. The van der Waals surface area contributed by atoms with Crippen LogP contribution in [0.1, 0.15) is 21.5 Å². The standard InChI is InChI=1S/C23H15N5O4/c29-22-20(11-15-1-5-18(6-2-15)27-14-24-13-25-27)21(17-9-10-32-12-17)26-28(22)19-7-3-16(4-8-19)23(30)31/h1-14H,(H,30,31)/b20-11-. The van der Waals surface area contributed by atoms with Crippen molar-refractivity contribution in [2.45, 2.75) is 0 Å². The fraction of sp³-hybridized carbons (Fsp3) is 0. The Bertz CT molecular complexity index is 1340. The average molecular weight is 425 g/mol. The van der Waals surface area contributed by atoms with E-state index in [9.17, 15) is 9.59 Å². The van der Waals surface area contributed by atoms with Gasteiger partial charge in [-0.3, -0.25) is 4.79 Å². The number of amides is 1. The summed E-state index contributed by atoms with van der Waals surface area (Å²) in [6.07, 6.45) is 7.84. The first-order chi connectivity index (χ1) is 15.6. The highest BCUT2D eigenvalue weighted by Gasteiger charge is 2.32. The predicted molar refractivity (Wildman–Crippen MR) is 115 cm³/mol. The molecule has 0 spiro atoms. The highest BCUT2D eigenvalue weighted by atomic mass is 16.4. The molecule has 0 unspecified atom stereocenters. The molecule has 0 bridgehead atoms. The molecule has 9 heteroatoms. The maximum Gasteiger partial charge on any atom is 0.335 e. The molecular formula is C23H15N5O4. The molecular weight excluding hydrogens is 410 g/mol. The topological polar surface area (TPSA) is 114 Å². The SMILES string of the molecule is O=C(O)c1ccc(N2N=C(c3ccoc3)/C(=C/c3ccc(-n4cncn4)cc3)C2=O)cc1. The van der Waals surface area contributed by atoms with Gasteiger partial charge in [0.2, 0.25) is 0 Å². The van der Waals surface area contributed by atoms with Gasteiger partial charge in [-0.25, -0.2) is 14.5 Å². The molecule has 0 saturated carbocycles. The van der Waals surface area contributed by atoms with Crippen LogP contribution in [-0.4, -0.2) is 37.5 Å². The maximum absolute atomic E-state index is 13.3. The largest absolute Gasteiger partial charge is 0.478 e. The second-order valence-corrected chi connectivity index (χ2v) is 6.92. The number of anilines is 1. The van der Waals surface area contributed by atoms with E-state index in [1.165, 1.54) is 36.0 Å². The number of carboxylic acid groups (broad SMARTS) is 1. The molecule has 5 rings (SSSR count). The number of carbonyl (C=O) groups is 2. The number of furan rings is 1. The van der Waals surface area contributed by atoms with E-state index < -0.39 is 5.97 Å². The zero-order valence-electron chi connectivity index (χ0n) is 16.5. The Labute approximate surface area is 181 Å². The Morgan fingerprint density at radius 1 is 1.00 bits per heavy atom. The summed E-state index contributed by atoms with van der Waals surface area (Å²) < 4.78 is 6.82. The summed E-state index contributed by atoms with van der Waals surface area (Å²) in [4.78, 5) is 28.3. The van der Waals surface area contributed by atoms with Crippen LogP contribution >= 0.6 is 0 Å². The van der Waals surface area contributed by atoms with Gasteiger partial charge in [0.1, 0.15) is 18.4 Å². The molecule has 3 heterocycles. The van der Waals surface area contributed by atoms with Gasteiger partial charge in [0.15, 0.2) is 0 Å². The van der Waals surface area contributed by atoms with Crippen molar-refractivity contribution in [3.8, 4) is 5.69 Å². The van der Waals surface area contributed by atoms with Crippen LogP contribution in [0.4, 0.5) is 5.69 Å². The Balaban J connectivity index is 1.51. The zero-order valence-corrected chi connectivity index (χ0v) is 16.5. The molecule has 32 heavy (non-hydrogen) atoms. The third-order valence-corrected chi connectivity index (χ3v) is 4.92. The van der Waals surface area contributed by atoms with Crippen molar-refractivity contribution in [2.75, 3.05) is 5.01 Å². The molecule has 0 radical (unpaired) electrons. The molecule has 9 nitrogen and oxygen atoms in total. The van der Waals surface area contributed by atoms with Gasteiger partial charge in [-0.1, -0.05) is 12.1 Å². The average Bonchev–Trinajstić information content (AvgIpc) is 3.57. The minimum Gasteiger partial charge on any atom is -0.478 e. The lowest BCUT2D eigenvalue weighted by Gasteiger charge is -2.11. The van der Waals surface area contributed by atoms with Crippen LogP contribution < -0.4 is 5.01 Å². The predicted octanol–water partition coefficient (Wildman–Crippen LogP) is 3.39. The molecule has 0 saturated heterocycles. The number of carboxylic acids is 1. The summed E-state index contributed by atoms with van der Waals surface area (Å²) in [7, 11) is 0. The van der Waals surface area contributed by atoms with Gasteiger partial charge in [0.25, 0.3) is 5.91 Å². The van der Waals surface area contributed by atoms with Gasteiger partial charge in [-0.2, -0.15) is 15.2 Å². The van der Waals surface area contributed by atoms with E-state index in [1.807, 2.05) is 24.3 Å². The van der Waals surface area contributed by atoms with E-state index >= 15 is 0 Å². The number of nitrogens with zero attached hydrogens (tertiary/aromatic N) is 5. The maximum atomic E-state index is 13.3. The highest BCUT2D eigenvalue weighted by molar-refractivity contribution is 6.37. The van der Waals surface area contributed by atoms with Gasteiger partial charge in [0.05, 0.1) is 35.0 Å². The number of aromatic nitrogens is 3. The highest BCUT2D eigenvalue weighted by Crippen LogP contribution is 2.28. The molecule has 1 N–H and O–H groups in total. The number of hydrogen-bond acceptors (Lipinski definition) is 6. The Kier molecular flexibility index (Phi) is 4.68. The van der Waals surface area contributed by atoms with Crippen molar-refractivity contribution in [3.05, 3.63) is 102 Å². The van der Waals surface area contributed by atoms with Crippen molar-refractivity contribution in [1.29, 1.82) is 0 Å². The minimum absolute atomic E-state index is 0.127. The molecule has 0 aliphatic carbocycles. The molecule has 1 aliphatic heterocycles. The Morgan fingerprint density at radius 2 is 1.75 bits per heavy atom. The molecule has 2 aromatic carbocycles. The zero-order chi connectivity index (χ0) is 22.1. The lowest BCUT2D eigenvalue weighted by molar-refractivity contribution is -0.114. The molecule has 0 atom stereocenters. The van der Waals surface area contributed by atoms with E-state index in [1.54, 1.807) is 35.3 Å². The minimum atomic E-state index is -1.04. The van der Waals surface area contributed by atoms with Gasteiger partial charge in [0, 0.05) is 5.56 Å². The van der Waals surface area contributed by atoms with Crippen molar-refractivity contribution in [3.63, 3.8) is 0 Å². The van der Waals surface area contributed by atoms with E-state index in [0.29, 0.717) is 22.5 Å². The molecule has 0 fully saturated rings. The van der Waals surface area contributed by atoms with E-state index in [0.717, 1.165) is 11.3 Å². The van der Waals surface area contributed by atoms with Gasteiger partial charge in [-0.15, -0.1) is 0 Å². The third kappa shape index (κ3) is 3.47. The van der Waals surface area contributed by atoms with Crippen LogP contribution in [0.15, 0.2) is 94.9 Å². The smallest absolute Gasteiger partial charge is 0.335 e. The second kappa shape index (κ2) is 7.80. The van der Waals surface area contributed by atoms with Crippen LogP contribution in [0.25, 0.3) is 11.8 Å². The first-order valence-electron chi connectivity index (χ1n) is 9.56. The molecule has 2 aromatic heterocycles. The van der Waals surface area contributed by atoms with E-state index in [4.69, 9.17) is 9.52 Å². The van der Waals surface area contributed by atoms with E-state index in [2.05, 4.69) is 15.2 Å². The molecule has 1 amide bonds. The van der Waals surface area contributed by atoms with Crippen LogP contribution in [0.2, 0.25) is 0 Å². The van der Waals surface area contributed by atoms with E-state index in [-0.39, 0.29) is 11.5 Å². The number of hydrogen-bond donors (Lipinski definition) is 1. The van der Waals surface area contributed by atoms with Crippen molar-refractivity contribution >= 4 is 29.4 Å². The Morgan fingerprint density at radius 3 is 2.38 bits per heavy atom. The van der Waals surface area contributed by atoms with Crippen LogP contribution in [-0.2, 0) is 4.79 Å². The third-order valence-electron chi connectivity index (χ3n) is 4.92. The van der Waals surface area contributed by atoms with Gasteiger partial charge < -0.3 is 9.52 Å². The van der Waals surface area contributed by atoms with Crippen LogP contribution in [0.5, 0.6) is 0 Å². The summed E-state index contributed by atoms with van der Waals surface area (Å²) in [6, 6.07) is 15.2. The molecule has 4 aromatic rings. The lowest BCUT2D eigenvalue weighted by atomic mass is 10.0. The van der Waals surface area contributed by atoms with Crippen molar-refractivity contribution in [2.24, 2.45) is 5.10 Å².